The summed E-state index contributed by atoms with van der Waals surface area (Å²) in [6.07, 6.45) is -3.66. The maximum absolute atomic E-state index is 11.2. The summed E-state index contributed by atoms with van der Waals surface area (Å²) in [5.41, 5.74) is 8.30. The molecule has 0 spiro atoms. The van der Waals surface area contributed by atoms with Gasteiger partial charge in [-0.25, -0.2) is 0 Å². The Bertz CT molecular complexity index is 424. The van der Waals surface area contributed by atoms with Crippen molar-refractivity contribution >= 4 is 11.8 Å². The number of rotatable bonds is 4. The summed E-state index contributed by atoms with van der Waals surface area (Å²) in [7, 11) is 0. The standard InChI is InChI=1S/C10H17N5O5/c1-4(16)13-7-6(3-12-15-11)20-10(19)8(9(7)18)14-5(2)17/h6-10,18-19H,3H2,1-2H3,(H,13,16)(H,14,17)/t6-,7-,8+,9+,10?/m1/s1. The second-order valence-corrected chi connectivity index (χ2v) is 4.42. The second kappa shape index (κ2) is 7.06. The van der Waals surface area contributed by atoms with Crippen LogP contribution in [0.4, 0.5) is 0 Å². The predicted octanol–water partition coefficient (Wildman–Crippen LogP) is -1.62. The molecule has 1 heterocycles. The lowest BCUT2D eigenvalue weighted by atomic mass is 9.94. The molecule has 0 aromatic heterocycles. The van der Waals surface area contributed by atoms with Gasteiger partial charge in [-0.3, -0.25) is 9.59 Å². The lowest BCUT2D eigenvalue weighted by molar-refractivity contribution is -0.216. The summed E-state index contributed by atoms with van der Waals surface area (Å²) in [4.78, 5) is 24.8. The molecule has 10 heteroatoms. The molecule has 1 saturated heterocycles. The summed E-state index contributed by atoms with van der Waals surface area (Å²) in [5.74, 6) is -0.895. The topological polar surface area (TPSA) is 157 Å². The molecule has 0 aromatic carbocycles. The zero-order chi connectivity index (χ0) is 15.3. The molecular formula is C10H17N5O5. The number of aliphatic hydroxyl groups excluding tert-OH is 2. The van der Waals surface area contributed by atoms with Crippen molar-refractivity contribution < 1.29 is 24.5 Å². The zero-order valence-electron chi connectivity index (χ0n) is 11.1. The second-order valence-electron chi connectivity index (χ2n) is 4.42. The van der Waals surface area contributed by atoms with Gasteiger partial charge in [-0.1, -0.05) is 5.11 Å². The van der Waals surface area contributed by atoms with E-state index >= 15 is 0 Å². The third-order valence-corrected chi connectivity index (χ3v) is 2.82. The van der Waals surface area contributed by atoms with Crippen LogP contribution in [0, 0.1) is 0 Å². The molecule has 4 N–H and O–H groups in total. The highest BCUT2D eigenvalue weighted by molar-refractivity contribution is 5.74. The van der Waals surface area contributed by atoms with Crippen molar-refractivity contribution in [1.29, 1.82) is 0 Å². The fourth-order valence-corrected chi connectivity index (χ4v) is 2.04. The van der Waals surface area contributed by atoms with Crippen LogP contribution in [0.25, 0.3) is 10.4 Å². The van der Waals surface area contributed by atoms with Gasteiger partial charge in [0.25, 0.3) is 0 Å². The van der Waals surface area contributed by atoms with Crippen molar-refractivity contribution in [3.8, 4) is 0 Å². The van der Waals surface area contributed by atoms with Gasteiger partial charge in [0.05, 0.1) is 18.7 Å². The monoisotopic (exact) mass is 287 g/mol. The lowest BCUT2D eigenvalue weighted by Gasteiger charge is -2.42. The first-order valence-electron chi connectivity index (χ1n) is 5.93. The summed E-state index contributed by atoms with van der Waals surface area (Å²) >= 11 is 0. The minimum Gasteiger partial charge on any atom is -0.389 e. The summed E-state index contributed by atoms with van der Waals surface area (Å²) < 4.78 is 5.19. The van der Waals surface area contributed by atoms with E-state index in [1.807, 2.05) is 0 Å². The van der Waals surface area contributed by atoms with E-state index in [0.717, 1.165) is 0 Å². The number of nitrogens with zero attached hydrogens (tertiary/aromatic N) is 3. The molecule has 0 aliphatic carbocycles. The van der Waals surface area contributed by atoms with E-state index in [1.165, 1.54) is 13.8 Å². The van der Waals surface area contributed by atoms with Crippen LogP contribution in [0.1, 0.15) is 13.8 Å². The normalized spacial score (nSPS) is 32.9. The maximum Gasteiger partial charge on any atom is 0.217 e. The molecule has 1 aliphatic rings. The minimum atomic E-state index is -1.47. The lowest BCUT2D eigenvalue weighted by Crippen LogP contribution is -2.68. The Balaban J connectivity index is 2.91. The molecule has 0 radical (unpaired) electrons. The third-order valence-electron chi connectivity index (χ3n) is 2.82. The van der Waals surface area contributed by atoms with Gasteiger partial charge < -0.3 is 25.6 Å². The first-order valence-corrected chi connectivity index (χ1v) is 5.93. The van der Waals surface area contributed by atoms with Gasteiger partial charge in [0.1, 0.15) is 12.1 Å². The average Bonchev–Trinajstić information content (AvgIpc) is 2.35. The number of amides is 2. The number of carbonyl (C=O) groups excluding carboxylic acids is 2. The first-order chi connectivity index (χ1) is 9.36. The van der Waals surface area contributed by atoms with Gasteiger partial charge in [-0.2, -0.15) is 0 Å². The van der Waals surface area contributed by atoms with E-state index in [2.05, 4.69) is 20.7 Å². The Morgan fingerprint density at radius 1 is 1.25 bits per heavy atom. The van der Waals surface area contributed by atoms with Crippen LogP contribution in [0.15, 0.2) is 5.11 Å². The molecule has 2 amide bonds. The van der Waals surface area contributed by atoms with Gasteiger partial charge >= 0.3 is 0 Å². The van der Waals surface area contributed by atoms with Crippen molar-refractivity contribution in [3.05, 3.63) is 10.4 Å². The fraction of sp³-hybridized carbons (Fsp3) is 0.800. The number of azide groups is 1. The van der Waals surface area contributed by atoms with Crippen LogP contribution >= 0.6 is 0 Å². The van der Waals surface area contributed by atoms with Crippen LogP contribution in [0.3, 0.4) is 0 Å². The quantitative estimate of drug-likeness (QED) is 0.278. The Morgan fingerprint density at radius 3 is 2.30 bits per heavy atom. The van der Waals surface area contributed by atoms with E-state index in [-0.39, 0.29) is 6.54 Å². The number of aliphatic hydroxyl groups is 2. The molecule has 1 rings (SSSR count). The smallest absolute Gasteiger partial charge is 0.217 e. The number of hydrogen-bond donors (Lipinski definition) is 4. The minimum absolute atomic E-state index is 0.178. The molecule has 0 saturated carbocycles. The first kappa shape index (κ1) is 16.2. The average molecular weight is 287 g/mol. The van der Waals surface area contributed by atoms with Gasteiger partial charge in [-0.15, -0.1) is 0 Å². The molecular weight excluding hydrogens is 270 g/mol. The molecule has 0 aromatic rings. The third kappa shape index (κ3) is 4.07. The molecule has 1 unspecified atom stereocenters. The Kier molecular flexibility index (Phi) is 5.71. The van der Waals surface area contributed by atoms with E-state index < -0.39 is 42.4 Å². The van der Waals surface area contributed by atoms with E-state index in [1.54, 1.807) is 0 Å². The van der Waals surface area contributed by atoms with Crippen LogP contribution in [-0.4, -0.2) is 59.2 Å². The molecule has 5 atom stereocenters. The van der Waals surface area contributed by atoms with Gasteiger partial charge in [0.15, 0.2) is 6.29 Å². The number of carbonyl (C=O) groups is 2. The van der Waals surface area contributed by atoms with Gasteiger partial charge in [0, 0.05) is 18.8 Å². The maximum atomic E-state index is 11.2. The molecule has 112 valence electrons. The highest BCUT2D eigenvalue weighted by Gasteiger charge is 2.45. The van der Waals surface area contributed by atoms with Gasteiger partial charge in [-0.05, 0) is 5.53 Å². The highest BCUT2D eigenvalue weighted by Crippen LogP contribution is 2.20. The Hall–Kier alpha value is -1.87. The van der Waals surface area contributed by atoms with E-state index in [4.69, 9.17) is 10.3 Å². The van der Waals surface area contributed by atoms with Crippen molar-refractivity contribution in [2.24, 2.45) is 5.11 Å². The van der Waals surface area contributed by atoms with E-state index in [0.29, 0.717) is 0 Å². The fourth-order valence-electron chi connectivity index (χ4n) is 2.04. The summed E-state index contributed by atoms with van der Waals surface area (Å²) in [6, 6.07) is -2.01. The molecule has 20 heavy (non-hydrogen) atoms. The number of hydrogen-bond acceptors (Lipinski definition) is 6. The number of nitrogens with one attached hydrogen (secondary N) is 2. The largest absolute Gasteiger partial charge is 0.389 e. The molecule has 1 fully saturated rings. The SMILES string of the molecule is CC(=O)N[C@H]1[C@H](O)[C@H](NC(C)=O)C(O)O[C@@H]1CN=[N+]=[N-]. The van der Waals surface area contributed by atoms with Crippen LogP contribution in [0.5, 0.6) is 0 Å². The number of ether oxygens (including phenoxy) is 1. The van der Waals surface area contributed by atoms with Gasteiger partial charge in [0.2, 0.25) is 11.8 Å². The molecule has 1 aliphatic heterocycles. The Labute approximate surface area is 114 Å². The van der Waals surface area contributed by atoms with Crippen molar-refractivity contribution in [3.63, 3.8) is 0 Å². The van der Waals surface area contributed by atoms with Crippen LogP contribution in [0.2, 0.25) is 0 Å². The van der Waals surface area contributed by atoms with Crippen molar-refractivity contribution in [2.75, 3.05) is 6.54 Å². The van der Waals surface area contributed by atoms with Crippen molar-refractivity contribution in [2.45, 2.75) is 44.4 Å². The summed E-state index contributed by atoms with van der Waals surface area (Å²) in [6.45, 7) is 2.29. The van der Waals surface area contributed by atoms with Crippen LogP contribution in [-0.2, 0) is 14.3 Å². The van der Waals surface area contributed by atoms with Crippen molar-refractivity contribution in [1.82, 2.24) is 10.6 Å². The highest BCUT2D eigenvalue weighted by atomic mass is 16.6. The summed E-state index contributed by atoms with van der Waals surface area (Å²) in [5, 5.41) is 28.0. The predicted molar refractivity (Wildman–Crippen MR) is 66.1 cm³/mol. The zero-order valence-corrected chi connectivity index (χ0v) is 11.1. The molecule has 10 nitrogen and oxygen atoms in total. The van der Waals surface area contributed by atoms with Crippen LogP contribution < -0.4 is 10.6 Å². The Morgan fingerprint density at radius 2 is 1.80 bits per heavy atom. The molecule has 0 bridgehead atoms. The van der Waals surface area contributed by atoms with E-state index in [9.17, 15) is 19.8 Å².